The highest BCUT2D eigenvalue weighted by atomic mass is 32.2. The lowest BCUT2D eigenvalue weighted by Gasteiger charge is -2.19. The van der Waals surface area contributed by atoms with Crippen LogP contribution in [0, 0.1) is 24.0 Å². The molecular formula is C25H28N4O9S. The highest BCUT2D eigenvalue weighted by molar-refractivity contribution is 7.89. The summed E-state index contributed by atoms with van der Waals surface area (Å²) in [5, 5.41) is 9.79. The summed E-state index contributed by atoms with van der Waals surface area (Å²) < 4.78 is 39.9. The van der Waals surface area contributed by atoms with Gasteiger partial charge in [0.2, 0.25) is 10.0 Å². The third kappa shape index (κ3) is 6.02. The average Bonchev–Trinajstić information content (AvgIpc) is 3.34. The molecule has 1 saturated heterocycles. The molecule has 1 aromatic heterocycles. The van der Waals surface area contributed by atoms with Gasteiger partial charge in [0.25, 0.3) is 10.6 Å². The Morgan fingerprint density at radius 3 is 2.62 bits per heavy atom. The number of ether oxygens (including phenoxy) is 2. The predicted octanol–water partition coefficient (Wildman–Crippen LogP) is 1.74. The Bertz CT molecular complexity index is 1590. The first kappa shape index (κ1) is 28.0. The van der Waals surface area contributed by atoms with Crippen LogP contribution >= 0.6 is 0 Å². The van der Waals surface area contributed by atoms with Crippen LogP contribution in [0.1, 0.15) is 27.9 Å². The third-order valence-electron chi connectivity index (χ3n) is 6.37. The lowest BCUT2D eigenvalue weighted by atomic mass is 10.1. The molecule has 0 saturated carbocycles. The van der Waals surface area contributed by atoms with Crippen molar-refractivity contribution in [2.24, 2.45) is 5.73 Å². The molecule has 2 heterocycles. The number of nitrogens with zero attached hydrogens (tertiary/aromatic N) is 3. The highest BCUT2D eigenvalue weighted by Crippen LogP contribution is 2.28. The molecule has 39 heavy (non-hydrogen) atoms. The van der Waals surface area contributed by atoms with Crippen molar-refractivity contribution in [3.05, 3.63) is 79.8 Å². The molecule has 1 aliphatic rings. The molecule has 1 fully saturated rings. The smallest absolute Gasteiger partial charge is 0.340 e. The molecule has 2 N–H and O–H groups in total. The first-order valence-corrected chi connectivity index (χ1v) is 13.5. The van der Waals surface area contributed by atoms with Crippen molar-refractivity contribution in [2.45, 2.75) is 37.9 Å². The van der Waals surface area contributed by atoms with Crippen molar-refractivity contribution in [3.63, 3.8) is 0 Å². The number of hydrogen-bond donors (Lipinski definition) is 1. The average molecular weight is 561 g/mol. The fourth-order valence-corrected chi connectivity index (χ4v) is 6.27. The summed E-state index contributed by atoms with van der Waals surface area (Å²) in [5.41, 5.74) is 6.71. The van der Waals surface area contributed by atoms with Crippen molar-refractivity contribution in [2.75, 3.05) is 26.3 Å². The van der Waals surface area contributed by atoms with Gasteiger partial charge in [0.15, 0.2) is 6.73 Å². The number of nitrogens with two attached hydrogens (primary N) is 1. The minimum Gasteiger partial charge on any atom is -0.492 e. The number of benzene rings is 2. The standard InChI is InChI=1S/C25H28N4O9S/c1-16-12-19(36-10-11-38-29(32)33)6-7-20(16)25(31)37-15-27-13-17(2)23-21(24(27)30)4-3-5-22(23)39(34,35)28-9-8-18(26)14-28/h3-7,12-13,18H,8-11,14-15,26H2,1-2H3/t18-/m0/s1. The van der Waals surface area contributed by atoms with E-state index in [1.807, 2.05) is 0 Å². The van der Waals surface area contributed by atoms with Gasteiger partial charge >= 0.3 is 5.97 Å². The van der Waals surface area contributed by atoms with E-state index in [1.54, 1.807) is 19.9 Å². The van der Waals surface area contributed by atoms with Gasteiger partial charge in [-0.1, -0.05) is 6.07 Å². The summed E-state index contributed by atoms with van der Waals surface area (Å²) >= 11 is 0. The van der Waals surface area contributed by atoms with Gasteiger partial charge in [0.1, 0.15) is 19.0 Å². The van der Waals surface area contributed by atoms with E-state index in [4.69, 9.17) is 15.2 Å². The number of pyridine rings is 1. The van der Waals surface area contributed by atoms with Gasteiger partial charge in [0.05, 0.1) is 10.5 Å². The number of sulfonamides is 1. The molecule has 0 unspecified atom stereocenters. The molecule has 0 bridgehead atoms. The molecule has 2 aromatic carbocycles. The summed E-state index contributed by atoms with van der Waals surface area (Å²) in [6, 6.07) is 8.87. The minimum atomic E-state index is -3.86. The maximum Gasteiger partial charge on any atom is 0.340 e. The normalized spacial score (nSPS) is 15.8. The summed E-state index contributed by atoms with van der Waals surface area (Å²) in [7, 11) is -3.86. The third-order valence-corrected chi connectivity index (χ3v) is 8.28. The lowest BCUT2D eigenvalue weighted by Crippen LogP contribution is -2.32. The van der Waals surface area contributed by atoms with Crippen LogP contribution in [0.2, 0.25) is 0 Å². The van der Waals surface area contributed by atoms with Crippen LogP contribution in [0.15, 0.2) is 52.3 Å². The van der Waals surface area contributed by atoms with Crippen LogP contribution < -0.4 is 16.0 Å². The number of rotatable bonds is 10. The number of carbonyl (C=O) groups is 1. The summed E-state index contributed by atoms with van der Waals surface area (Å²) in [5.74, 6) is -0.291. The summed E-state index contributed by atoms with van der Waals surface area (Å²) in [6.45, 7) is 3.20. The number of carbonyl (C=O) groups excluding carboxylic acids is 1. The Morgan fingerprint density at radius 2 is 1.95 bits per heavy atom. The number of hydrogen-bond acceptors (Lipinski definition) is 10. The van der Waals surface area contributed by atoms with E-state index in [-0.39, 0.29) is 48.4 Å². The van der Waals surface area contributed by atoms with Crippen molar-refractivity contribution in [1.82, 2.24) is 8.87 Å². The van der Waals surface area contributed by atoms with E-state index in [0.717, 1.165) is 0 Å². The quantitative estimate of drug-likeness (QED) is 0.166. The van der Waals surface area contributed by atoms with Crippen LogP contribution in [-0.2, 0) is 26.3 Å². The second-order valence-electron chi connectivity index (χ2n) is 9.12. The summed E-state index contributed by atoms with van der Waals surface area (Å²) in [6.07, 6.45) is 2.03. The SMILES string of the molecule is Cc1cc(OCCO[N+](=O)[O-])ccc1C(=O)OCn1cc(C)c2c(S(=O)(=O)N3CC[C@H](N)C3)cccc2c1=O. The van der Waals surface area contributed by atoms with E-state index in [0.29, 0.717) is 35.2 Å². The Kier molecular flexibility index (Phi) is 8.18. The monoisotopic (exact) mass is 560 g/mol. The Morgan fingerprint density at radius 1 is 1.18 bits per heavy atom. The van der Waals surface area contributed by atoms with E-state index >= 15 is 0 Å². The zero-order valence-corrected chi connectivity index (χ0v) is 22.2. The topological polar surface area (TPSA) is 173 Å². The molecule has 0 amide bonds. The van der Waals surface area contributed by atoms with Crippen LogP contribution in [0.5, 0.6) is 5.75 Å². The Labute approximate surface area is 223 Å². The highest BCUT2D eigenvalue weighted by Gasteiger charge is 2.32. The van der Waals surface area contributed by atoms with Gasteiger partial charge in [-0.15, -0.1) is 10.1 Å². The van der Waals surface area contributed by atoms with Crippen LogP contribution in [0.25, 0.3) is 10.8 Å². The van der Waals surface area contributed by atoms with E-state index in [1.165, 1.54) is 45.4 Å². The zero-order valence-electron chi connectivity index (χ0n) is 21.4. The molecule has 208 valence electrons. The predicted molar refractivity (Wildman–Crippen MR) is 139 cm³/mol. The second-order valence-corrected chi connectivity index (χ2v) is 11.0. The van der Waals surface area contributed by atoms with E-state index in [9.17, 15) is 28.1 Å². The molecular weight excluding hydrogens is 532 g/mol. The van der Waals surface area contributed by atoms with Gasteiger partial charge < -0.3 is 20.0 Å². The first-order chi connectivity index (χ1) is 18.5. The van der Waals surface area contributed by atoms with Crippen LogP contribution in [-0.4, -0.2) is 60.7 Å². The first-order valence-electron chi connectivity index (χ1n) is 12.1. The maximum absolute atomic E-state index is 13.3. The van der Waals surface area contributed by atoms with Gasteiger partial charge in [0, 0.05) is 36.1 Å². The van der Waals surface area contributed by atoms with Gasteiger partial charge in [-0.05, 0) is 61.7 Å². The van der Waals surface area contributed by atoms with Gasteiger partial charge in [-0.3, -0.25) is 9.36 Å². The van der Waals surface area contributed by atoms with Crippen molar-refractivity contribution in [1.29, 1.82) is 0 Å². The number of fused-ring (bicyclic) bond motifs is 1. The molecule has 13 nitrogen and oxygen atoms in total. The van der Waals surface area contributed by atoms with Gasteiger partial charge in [-0.25, -0.2) is 13.2 Å². The number of esters is 1. The molecule has 1 atom stereocenters. The molecule has 0 aliphatic carbocycles. The lowest BCUT2D eigenvalue weighted by molar-refractivity contribution is -0.757. The molecule has 14 heteroatoms. The van der Waals surface area contributed by atoms with Gasteiger partial charge in [-0.2, -0.15) is 4.31 Å². The molecule has 4 rings (SSSR count). The molecule has 0 spiro atoms. The second kappa shape index (κ2) is 11.4. The fraction of sp³-hybridized carbons (Fsp3) is 0.360. The largest absolute Gasteiger partial charge is 0.492 e. The maximum atomic E-state index is 13.3. The molecule has 0 radical (unpaired) electrons. The van der Waals surface area contributed by atoms with Crippen LogP contribution in [0.4, 0.5) is 0 Å². The van der Waals surface area contributed by atoms with Crippen LogP contribution in [0.3, 0.4) is 0 Å². The molecule has 1 aliphatic heterocycles. The molecule has 3 aromatic rings. The van der Waals surface area contributed by atoms with Crippen molar-refractivity contribution < 1.29 is 32.6 Å². The van der Waals surface area contributed by atoms with Crippen molar-refractivity contribution >= 4 is 26.8 Å². The van der Waals surface area contributed by atoms with Crippen molar-refractivity contribution in [3.8, 4) is 5.75 Å². The Hall–Kier alpha value is -4.01. The number of aryl methyl sites for hydroxylation is 2. The Balaban J connectivity index is 1.51. The zero-order chi connectivity index (χ0) is 28.3. The van der Waals surface area contributed by atoms with E-state index < -0.39 is 26.6 Å². The summed E-state index contributed by atoms with van der Waals surface area (Å²) in [4.78, 5) is 40.4. The number of aromatic nitrogens is 1. The van der Waals surface area contributed by atoms with E-state index in [2.05, 4.69) is 4.84 Å². The minimum absolute atomic E-state index is 0.0377. The fourth-order valence-electron chi connectivity index (χ4n) is 4.48.